The Balaban J connectivity index is 0.949. The van der Waals surface area contributed by atoms with Crippen molar-refractivity contribution >= 4 is 38.9 Å². The van der Waals surface area contributed by atoms with Crippen molar-refractivity contribution in [2.24, 2.45) is 5.92 Å². The molecule has 1 amide bonds. The largest absolute Gasteiger partial charge is 0.381 e. The summed E-state index contributed by atoms with van der Waals surface area (Å²) in [6.07, 6.45) is 8.36. The van der Waals surface area contributed by atoms with Gasteiger partial charge in [0.2, 0.25) is 15.9 Å². The SMILES string of the molecule is C[C@@H]1C(=O)N(C)c2ccc(Nc3ccc(S(=O)(=O)NC4CCC(N5CCN(CC6CC6)CC5)CC4)cc3)nc2N1C1CCOCC1. The van der Waals surface area contributed by atoms with Crippen molar-refractivity contribution in [2.75, 3.05) is 68.1 Å². The minimum absolute atomic E-state index is 0.0269. The summed E-state index contributed by atoms with van der Waals surface area (Å²) >= 11 is 0. The second-order valence-electron chi connectivity index (χ2n) is 13.9. The zero-order valence-electron chi connectivity index (χ0n) is 27.2. The first-order chi connectivity index (χ1) is 22.2. The maximum absolute atomic E-state index is 13.3. The summed E-state index contributed by atoms with van der Waals surface area (Å²) in [4.78, 5) is 27.3. The third kappa shape index (κ3) is 6.92. The third-order valence-corrected chi connectivity index (χ3v) is 12.3. The van der Waals surface area contributed by atoms with Crippen LogP contribution in [0.25, 0.3) is 0 Å². The lowest BCUT2D eigenvalue weighted by atomic mass is 9.90. The summed E-state index contributed by atoms with van der Waals surface area (Å²) in [5.74, 6) is 2.42. The monoisotopic (exact) mass is 651 g/mol. The molecular weight excluding hydrogens is 602 g/mol. The molecule has 2 saturated heterocycles. The number of anilines is 4. The van der Waals surface area contributed by atoms with Crippen molar-refractivity contribution in [1.82, 2.24) is 19.5 Å². The highest BCUT2D eigenvalue weighted by Gasteiger charge is 2.39. The molecule has 1 aromatic heterocycles. The van der Waals surface area contributed by atoms with Crippen LogP contribution in [-0.2, 0) is 19.6 Å². The average molecular weight is 652 g/mol. The number of fused-ring (bicyclic) bond motifs is 1. The molecule has 4 fully saturated rings. The maximum Gasteiger partial charge on any atom is 0.249 e. The van der Waals surface area contributed by atoms with Gasteiger partial charge in [-0.05, 0) is 101 Å². The number of pyridine rings is 1. The smallest absolute Gasteiger partial charge is 0.249 e. The number of amides is 1. The Labute approximate surface area is 273 Å². The first kappa shape index (κ1) is 31.8. The number of nitrogens with one attached hydrogen (secondary N) is 2. The molecule has 0 radical (unpaired) electrons. The molecule has 0 spiro atoms. The highest BCUT2D eigenvalue weighted by Crippen LogP contribution is 2.38. The van der Waals surface area contributed by atoms with Crippen LogP contribution in [0.3, 0.4) is 0 Å². The van der Waals surface area contributed by atoms with Gasteiger partial charge in [-0.3, -0.25) is 9.69 Å². The number of piperazine rings is 1. The van der Waals surface area contributed by atoms with Crippen LogP contribution in [0.5, 0.6) is 0 Å². The van der Waals surface area contributed by atoms with E-state index in [4.69, 9.17) is 9.72 Å². The fraction of sp³-hybridized carbons (Fsp3) is 0.647. The Kier molecular flexibility index (Phi) is 9.26. The van der Waals surface area contributed by atoms with Crippen molar-refractivity contribution in [3.8, 4) is 0 Å². The van der Waals surface area contributed by atoms with Crippen molar-refractivity contribution in [3.63, 3.8) is 0 Å². The van der Waals surface area contributed by atoms with Gasteiger partial charge in [0.15, 0.2) is 5.82 Å². The second-order valence-corrected chi connectivity index (χ2v) is 15.6. The predicted molar refractivity (Wildman–Crippen MR) is 180 cm³/mol. The number of sulfonamides is 1. The first-order valence-electron chi connectivity index (χ1n) is 17.3. The van der Waals surface area contributed by atoms with Crippen LogP contribution < -0.4 is 19.8 Å². The van der Waals surface area contributed by atoms with E-state index in [0.29, 0.717) is 25.1 Å². The molecule has 7 rings (SSSR count). The summed E-state index contributed by atoms with van der Waals surface area (Å²) in [6.45, 7) is 9.18. The molecular formula is C34H49N7O4S. The van der Waals surface area contributed by atoms with E-state index in [1.54, 1.807) is 36.2 Å². The molecule has 4 heterocycles. The van der Waals surface area contributed by atoms with Crippen LogP contribution in [-0.4, -0.2) is 106 Å². The van der Waals surface area contributed by atoms with Crippen LogP contribution in [0.1, 0.15) is 58.3 Å². The normalized spacial score (nSPS) is 27.1. The quantitative estimate of drug-likeness (QED) is 0.419. The van der Waals surface area contributed by atoms with Crippen molar-refractivity contribution in [1.29, 1.82) is 0 Å². The molecule has 1 atom stereocenters. The van der Waals surface area contributed by atoms with Gasteiger partial charge in [-0.15, -0.1) is 0 Å². The number of carbonyl (C=O) groups excluding carboxylic acids is 1. The van der Waals surface area contributed by atoms with E-state index in [9.17, 15) is 13.2 Å². The predicted octanol–water partition coefficient (Wildman–Crippen LogP) is 3.79. The molecule has 3 aliphatic heterocycles. The van der Waals surface area contributed by atoms with E-state index in [1.807, 2.05) is 19.1 Å². The zero-order valence-corrected chi connectivity index (χ0v) is 28.1. The van der Waals surface area contributed by atoms with Crippen LogP contribution >= 0.6 is 0 Å². The standard InChI is InChI=1S/C34H49N7O4S/c1-24-34(42)38(2)31-13-14-32(36-33(31)41(24)29-15-21-45-22-16-29)35-26-7-11-30(12-8-26)46(43,44)37-27-5-9-28(10-6-27)40-19-17-39(18-20-40)23-25-3-4-25/h7-8,11-14,24-25,27-29,37H,3-6,9-10,15-23H2,1-2H3,(H,35,36)/t24-,27?,28?/m1/s1. The Morgan fingerprint density at radius 3 is 2.24 bits per heavy atom. The first-order valence-corrected chi connectivity index (χ1v) is 18.7. The topological polar surface area (TPSA) is 110 Å². The van der Waals surface area contributed by atoms with Gasteiger partial charge in [0.25, 0.3) is 0 Å². The van der Waals surface area contributed by atoms with E-state index in [2.05, 4.69) is 24.7 Å². The highest BCUT2D eigenvalue weighted by molar-refractivity contribution is 7.89. The molecule has 46 heavy (non-hydrogen) atoms. The third-order valence-electron chi connectivity index (χ3n) is 10.7. The number of aromatic nitrogens is 1. The van der Waals surface area contributed by atoms with Gasteiger partial charge < -0.3 is 24.8 Å². The molecule has 2 saturated carbocycles. The Bertz CT molecular complexity index is 1480. The summed E-state index contributed by atoms with van der Waals surface area (Å²) in [5.41, 5.74) is 1.53. The number of benzene rings is 1. The number of carbonyl (C=O) groups is 1. The lowest BCUT2D eigenvalue weighted by Gasteiger charge is -2.44. The molecule has 2 aliphatic carbocycles. The number of likely N-dealkylation sites (N-methyl/N-ethyl adjacent to an activating group) is 1. The van der Waals surface area contributed by atoms with Gasteiger partial charge in [-0.2, -0.15) is 0 Å². The van der Waals surface area contributed by atoms with Crippen molar-refractivity contribution in [2.45, 2.75) is 87.4 Å². The lowest BCUT2D eigenvalue weighted by molar-refractivity contribution is -0.119. The molecule has 250 valence electrons. The number of nitrogens with zero attached hydrogens (tertiary/aromatic N) is 5. The fourth-order valence-electron chi connectivity index (χ4n) is 7.80. The van der Waals surface area contributed by atoms with Crippen LogP contribution in [0, 0.1) is 5.92 Å². The molecule has 0 unspecified atom stereocenters. The van der Waals surface area contributed by atoms with Gasteiger partial charge in [-0.1, -0.05) is 0 Å². The molecule has 1 aromatic carbocycles. The molecule has 2 N–H and O–H groups in total. The van der Waals surface area contributed by atoms with E-state index in [0.717, 1.165) is 74.7 Å². The zero-order chi connectivity index (χ0) is 31.8. The van der Waals surface area contributed by atoms with E-state index in [1.165, 1.54) is 32.5 Å². The minimum Gasteiger partial charge on any atom is -0.381 e. The van der Waals surface area contributed by atoms with Gasteiger partial charge in [0.05, 0.1) is 10.6 Å². The summed E-state index contributed by atoms with van der Waals surface area (Å²) in [7, 11) is -1.83. The summed E-state index contributed by atoms with van der Waals surface area (Å²) in [5, 5.41) is 3.34. The summed E-state index contributed by atoms with van der Waals surface area (Å²) < 4.78 is 35.2. The van der Waals surface area contributed by atoms with Crippen molar-refractivity contribution < 1.29 is 17.9 Å². The Morgan fingerprint density at radius 1 is 0.870 bits per heavy atom. The molecule has 11 nitrogen and oxygen atoms in total. The Hall–Kier alpha value is -2.77. The maximum atomic E-state index is 13.3. The second kappa shape index (κ2) is 13.4. The lowest BCUT2D eigenvalue weighted by Crippen LogP contribution is -2.56. The molecule has 5 aliphatic rings. The van der Waals surface area contributed by atoms with E-state index >= 15 is 0 Å². The molecule has 0 bridgehead atoms. The van der Waals surface area contributed by atoms with E-state index in [-0.39, 0.29) is 28.9 Å². The summed E-state index contributed by atoms with van der Waals surface area (Å²) in [6, 6.07) is 11.1. The Morgan fingerprint density at radius 2 is 1.57 bits per heavy atom. The van der Waals surface area contributed by atoms with Gasteiger partial charge in [0, 0.05) is 76.8 Å². The van der Waals surface area contributed by atoms with Crippen molar-refractivity contribution in [3.05, 3.63) is 36.4 Å². The number of rotatable bonds is 9. The average Bonchev–Trinajstić information content (AvgIpc) is 3.89. The molecule has 2 aromatic rings. The van der Waals surface area contributed by atoms with Crippen LogP contribution in [0.15, 0.2) is 41.3 Å². The number of hydrogen-bond acceptors (Lipinski definition) is 9. The van der Waals surface area contributed by atoms with Gasteiger partial charge in [0.1, 0.15) is 11.9 Å². The minimum atomic E-state index is -3.62. The van der Waals surface area contributed by atoms with Crippen LogP contribution in [0.2, 0.25) is 0 Å². The fourth-order valence-corrected chi connectivity index (χ4v) is 9.11. The number of hydrogen-bond donors (Lipinski definition) is 2. The number of ether oxygens (including phenoxy) is 1. The molecule has 12 heteroatoms. The van der Waals surface area contributed by atoms with Gasteiger partial charge >= 0.3 is 0 Å². The van der Waals surface area contributed by atoms with E-state index < -0.39 is 10.0 Å². The van der Waals surface area contributed by atoms with Crippen LogP contribution in [0.4, 0.5) is 23.0 Å². The highest BCUT2D eigenvalue weighted by atomic mass is 32.2. The van der Waals surface area contributed by atoms with Gasteiger partial charge in [-0.25, -0.2) is 18.1 Å².